The fourth-order valence-electron chi connectivity index (χ4n) is 2.35. The van der Waals surface area contributed by atoms with Gasteiger partial charge in [-0.05, 0) is 5.56 Å². The van der Waals surface area contributed by atoms with E-state index in [0.717, 1.165) is 54.1 Å². The van der Waals surface area contributed by atoms with E-state index in [2.05, 4.69) is 20.0 Å². The lowest BCUT2D eigenvalue weighted by Crippen LogP contribution is -2.23. The Balaban J connectivity index is 0.00000132. The average Bonchev–Trinajstić information content (AvgIpc) is 2.89. The van der Waals surface area contributed by atoms with Crippen LogP contribution in [0.15, 0.2) is 24.3 Å². The Bertz CT molecular complexity index is 721. The van der Waals surface area contributed by atoms with E-state index in [1.54, 1.807) is 0 Å². The first-order valence-corrected chi connectivity index (χ1v) is 8.73. The van der Waals surface area contributed by atoms with Gasteiger partial charge in [0.05, 0.1) is 17.6 Å². The molecule has 0 atom stereocenters. The number of aromatic nitrogens is 2. The van der Waals surface area contributed by atoms with Crippen LogP contribution in [0.4, 0.5) is 0 Å². The molecule has 23 heavy (non-hydrogen) atoms. The second-order valence-electron chi connectivity index (χ2n) is 5.23. The van der Waals surface area contributed by atoms with E-state index in [1.165, 1.54) is 0 Å². The first kappa shape index (κ1) is 19.9. The fraction of sp³-hybridized carbons (Fsp3) is 0.357. The molecule has 1 aromatic heterocycles. The van der Waals surface area contributed by atoms with Gasteiger partial charge in [-0.25, -0.2) is 18.1 Å². The van der Waals surface area contributed by atoms with Crippen LogP contribution in [0.5, 0.6) is 0 Å². The number of H-pyrrole nitrogens is 1. The smallest absolute Gasteiger partial charge is 0.209 e. The quantitative estimate of drug-likeness (QED) is 0.754. The van der Waals surface area contributed by atoms with Crippen LogP contribution >= 0.6 is 24.8 Å². The molecule has 1 aromatic carbocycles. The van der Waals surface area contributed by atoms with Crippen molar-refractivity contribution >= 4 is 34.8 Å². The molecule has 3 rings (SSSR count). The second kappa shape index (κ2) is 8.12. The minimum absolute atomic E-state index is 0. The van der Waals surface area contributed by atoms with Crippen LogP contribution in [-0.4, -0.2) is 31.2 Å². The Morgan fingerprint density at radius 1 is 1.22 bits per heavy atom. The number of aromatic amines is 1. The zero-order valence-corrected chi connectivity index (χ0v) is 15.1. The molecule has 0 spiro atoms. The third-order valence-electron chi connectivity index (χ3n) is 3.47. The highest BCUT2D eigenvalue weighted by Crippen LogP contribution is 2.20. The Labute approximate surface area is 148 Å². The predicted molar refractivity (Wildman–Crippen MR) is 95.6 cm³/mol. The summed E-state index contributed by atoms with van der Waals surface area (Å²) in [6.45, 7) is 2.10. The van der Waals surface area contributed by atoms with Crippen LogP contribution in [0.3, 0.4) is 0 Å². The summed E-state index contributed by atoms with van der Waals surface area (Å²) < 4.78 is 24.6. The lowest BCUT2D eigenvalue weighted by molar-refractivity contribution is 0.587. The van der Waals surface area contributed by atoms with Crippen LogP contribution in [0.1, 0.15) is 17.0 Å². The minimum atomic E-state index is -3.16. The van der Waals surface area contributed by atoms with E-state index in [1.807, 2.05) is 24.3 Å². The molecule has 0 amide bonds. The van der Waals surface area contributed by atoms with Crippen molar-refractivity contribution < 1.29 is 8.42 Å². The lowest BCUT2D eigenvalue weighted by Gasteiger charge is -2.09. The summed E-state index contributed by atoms with van der Waals surface area (Å²) in [7, 11) is -3.16. The Morgan fingerprint density at radius 2 is 1.91 bits per heavy atom. The number of nitrogens with zero attached hydrogens (tertiary/aromatic N) is 1. The molecule has 0 aliphatic carbocycles. The van der Waals surface area contributed by atoms with Gasteiger partial charge in [0, 0.05) is 31.6 Å². The Hall–Kier alpha value is -1.12. The highest BCUT2D eigenvalue weighted by atomic mass is 35.5. The predicted octanol–water partition coefficient (Wildman–Crippen LogP) is 1.62. The van der Waals surface area contributed by atoms with Crippen LogP contribution in [0.25, 0.3) is 11.4 Å². The van der Waals surface area contributed by atoms with Crippen molar-refractivity contribution in [1.29, 1.82) is 0 Å². The molecule has 0 saturated carbocycles. The van der Waals surface area contributed by atoms with Gasteiger partial charge in [0.25, 0.3) is 0 Å². The van der Waals surface area contributed by atoms with E-state index in [9.17, 15) is 8.42 Å². The maximum Gasteiger partial charge on any atom is 0.209 e. The van der Waals surface area contributed by atoms with Crippen molar-refractivity contribution in [3.63, 3.8) is 0 Å². The molecule has 2 aromatic rings. The molecule has 9 heteroatoms. The van der Waals surface area contributed by atoms with Crippen molar-refractivity contribution in [2.45, 2.75) is 19.5 Å². The summed E-state index contributed by atoms with van der Waals surface area (Å²) in [5, 5.41) is 3.31. The van der Waals surface area contributed by atoms with Crippen molar-refractivity contribution in [2.75, 3.05) is 12.8 Å². The lowest BCUT2D eigenvalue weighted by atomic mass is 10.1. The topological polar surface area (TPSA) is 86.9 Å². The first-order chi connectivity index (χ1) is 10.0. The highest BCUT2D eigenvalue weighted by molar-refractivity contribution is 7.88. The van der Waals surface area contributed by atoms with E-state index >= 15 is 0 Å². The van der Waals surface area contributed by atoms with Gasteiger partial charge in [-0.2, -0.15) is 0 Å². The zero-order valence-electron chi connectivity index (χ0n) is 12.6. The van der Waals surface area contributed by atoms with E-state index < -0.39 is 10.0 Å². The molecular formula is C14H20Cl2N4O2S. The molecule has 0 saturated heterocycles. The molecule has 6 nitrogen and oxygen atoms in total. The fourth-order valence-corrected chi connectivity index (χ4v) is 2.78. The van der Waals surface area contributed by atoms with Crippen molar-refractivity contribution in [3.05, 3.63) is 41.2 Å². The summed E-state index contributed by atoms with van der Waals surface area (Å²) in [6.07, 6.45) is 2.10. The van der Waals surface area contributed by atoms with Crippen LogP contribution in [0, 0.1) is 0 Å². The van der Waals surface area contributed by atoms with E-state index in [-0.39, 0.29) is 24.8 Å². The molecule has 3 N–H and O–H groups in total. The summed E-state index contributed by atoms with van der Waals surface area (Å²) in [6, 6.07) is 7.73. The maximum atomic E-state index is 11.1. The standard InChI is InChI=1S/C14H18N4O2S.2ClH/c1-21(19,20)16-8-10-2-4-11(5-3-10)14-17-12-6-7-15-9-13(12)18-14;;/h2-5,15-16H,6-9H2,1H3,(H,17,18);2*1H. The molecule has 1 aliphatic heterocycles. The van der Waals surface area contributed by atoms with Gasteiger partial charge in [0.15, 0.2) is 0 Å². The summed E-state index contributed by atoms with van der Waals surface area (Å²) in [5.41, 5.74) is 4.21. The molecule has 1 aliphatic rings. The average molecular weight is 379 g/mol. The summed E-state index contributed by atoms with van der Waals surface area (Å²) in [4.78, 5) is 7.97. The molecule has 0 radical (unpaired) electrons. The minimum Gasteiger partial charge on any atom is -0.341 e. The SMILES string of the molecule is CS(=O)(=O)NCc1ccc(-c2nc3c([nH]2)CNCC3)cc1.Cl.Cl. The highest BCUT2D eigenvalue weighted by Gasteiger charge is 2.14. The van der Waals surface area contributed by atoms with Gasteiger partial charge in [0.2, 0.25) is 10.0 Å². The third-order valence-corrected chi connectivity index (χ3v) is 4.14. The number of imidazole rings is 1. The number of halogens is 2. The van der Waals surface area contributed by atoms with Crippen LogP contribution in [0.2, 0.25) is 0 Å². The number of nitrogens with one attached hydrogen (secondary N) is 3. The third kappa shape index (κ3) is 5.19. The van der Waals surface area contributed by atoms with Gasteiger partial charge in [-0.3, -0.25) is 0 Å². The van der Waals surface area contributed by atoms with E-state index in [0.29, 0.717) is 6.54 Å². The van der Waals surface area contributed by atoms with Gasteiger partial charge < -0.3 is 10.3 Å². The van der Waals surface area contributed by atoms with Crippen LogP contribution < -0.4 is 10.0 Å². The number of benzene rings is 1. The first-order valence-electron chi connectivity index (χ1n) is 6.84. The monoisotopic (exact) mass is 378 g/mol. The van der Waals surface area contributed by atoms with Gasteiger partial charge in [0.1, 0.15) is 5.82 Å². The number of sulfonamides is 1. The number of rotatable bonds is 4. The normalized spacial score (nSPS) is 13.6. The molecule has 128 valence electrons. The van der Waals surface area contributed by atoms with Gasteiger partial charge in [-0.1, -0.05) is 24.3 Å². The second-order valence-corrected chi connectivity index (χ2v) is 7.06. The molecule has 0 unspecified atom stereocenters. The number of hydrogen-bond donors (Lipinski definition) is 3. The number of hydrogen-bond acceptors (Lipinski definition) is 4. The molecule has 2 heterocycles. The van der Waals surface area contributed by atoms with E-state index in [4.69, 9.17) is 0 Å². The number of fused-ring (bicyclic) bond motifs is 1. The van der Waals surface area contributed by atoms with Crippen molar-refractivity contribution in [1.82, 2.24) is 20.0 Å². The largest absolute Gasteiger partial charge is 0.341 e. The summed E-state index contributed by atoms with van der Waals surface area (Å²) in [5.74, 6) is 0.867. The van der Waals surface area contributed by atoms with Gasteiger partial charge >= 0.3 is 0 Å². The molecular weight excluding hydrogens is 359 g/mol. The maximum absolute atomic E-state index is 11.1. The zero-order chi connectivity index (χ0) is 14.9. The Morgan fingerprint density at radius 3 is 2.52 bits per heavy atom. The Kier molecular flexibility index (Phi) is 7.03. The van der Waals surface area contributed by atoms with Crippen LogP contribution in [-0.2, 0) is 29.5 Å². The molecule has 0 bridgehead atoms. The van der Waals surface area contributed by atoms with Gasteiger partial charge in [-0.15, -0.1) is 24.8 Å². The molecule has 0 fully saturated rings. The van der Waals surface area contributed by atoms with Crippen molar-refractivity contribution in [3.8, 4) is 11.4 Å². The summed E-state index contributed by atoms with van der Waals surface area (Å²) >= 11 is 0. The van der Waals surface area contributed by atoms with Crippen molar-refractivity contribution in [2.24, 2.45) is 0 Å².